The fraction of sp³-hybridized carbons (Fsp3) is 0.217. The van der Waals surface area contributed by atoms with Gasteiger partial charge in [-0.1, -0.05) is 43.3 Å². The standard InChI is InChI=1S/C23H23BrO5S2/c1-3-4-14-28-17-10-12-19(13-11-17)30-22-16-21(27-2)20(24)15-23(22)31(25,26)29-18-8-6-5-7-9-18/h5-13,15-16H,3-4,14H2,1-2H3. The van der Waals surface area contributed by atoms with E-state index in [1.54, 1.807) is 36.4 Å². The Morgan fingerprint density at radius 3 is 2.32 bits per heavy atom. The number of benzene rings is 3. The topological polar surface area (TPSA) is 61.8 Å². The number of para-hydroxylation sites is 1. The second-order valence-corrected chi connectivity index (χ2v) is 10.0. The molecular formula is C23H23BrO5S2. The number of unbranched alkanes of at least 4 members (excludes halogenated alkanes) is 1. The minimum atomic E-state index is -4.07. The zero-order chi connectivity index (χ0) is 22.3. The molecule has 0 heterocycles. The first-order valence-corrected chi connectivity index (χ1v) is 12.7. The van der Waals surface area contributed by atoms with Crippen molar-refractivity contribution in [2.75, 3.05) is 13.7 Å². The highest BCUT2D eigenvalue weighted by molar-refractivity contribution is 9.10. The van der Waals surface area contributed by atoms with Crippen LogP contribution in [-0.2, 0) is 10.1 Å². The van der Waals surface area contributed by atoms with E-state index in [1.165, 1.54) is 24.9 Å². The summed E-state index contributed by atoms with van der Waals surface area (Å²) in [5.41, 5.74) is 0. The summed E-state index contributed by atoms with van der Waals surface area (Å²) in [5.74, 6) is 1.56. The van der Waals surface area contributed by atoms with E-state index in [2.05, 4.69) is 22.9 Å². The highest BCUT2D eigenvalue weighted by Gasteiger charge is 2.24. The molecule has 3 rings (SSSR count). The number of ether oxygens (including phenoxy) is 2. The van der Waals surface area contributed by atoms with Crippen molar-refractivity contribution in [1.29, 1.82) is 0 Å². The molecule has 0 fully saturated rings. The summed E-state index contributed by atoms with van der Waals surface area (Å²) >= 11 is 4.68. The monoisotopic (exact) mass is 522 g/mol. The van der Waals surface area contributed by atoms with Gasteiger partial charge in [0.15, 0.2) is 0 Å². The highest BCUT2D eigenvalue weighted by Crippen LogP contribution is 2.40. The van der Waals surface area contributed by atoms with Crippen LogP contribution in [0.3, 0.4) is 0 Å². The Labute approximate surface area is 196 Å². The molecule has 8 heteroatoms. The van der Waals surface area contributed by atoms with Crippen molar-refractivity contribution >= 4 is 37.8 Å². The Kier molecular flexibility index (Phi) is 8.28. The minimum absolute atomic E-state index is 0.0531. The molecule has 164 valence electrons. The van der Waals surface area contributed by atoms with Crippen LogP contribution in [0.5, 0.6) is 17.2 Å². The molecule has 0 saturated carbocycles. The van der Waals surface area contributed by atoms with Crippen LogP contribution in [0.25, 0.3) is 0 Å². The van der Waals surface area contributed by atoms with Gasteiger partial charge in [0, 0.05) is 9.79 Å². The lowest BCUT2D eigenvalue weighted by Crippen LogP contribution is -2.11. The molecule has 0 bridgehead atoms. The Balaban J connectivity index is 1.90. The zero-order valence-corrected chi connectivity index (χ0v) is 20.4. The van der Waals surface area contributed by atoms with E-state index in [1.807, 2.05) is 24.3 Å². The number of hydrogen-bond acceptors (Lipinski definition) is 6. The Hall–Kier alpha value is -2.16. The van der Waals surface area contributed by atoms with E-state index in [9.17, 15) is 8.42 Å². The van der Waals surface area contributed by atoms with Crippen molar-refractivity contribution in [3.8, 4) is 17.2 Å². The first-order valence-electron chi connectivity index (χ1n) is 9.70. The molecule has 0 saturated heterocycles. The summed E-state index contributed by atoms with van der Waals surface area (Å²) in [6.45, 7) is 2.79. The highest BCUT2D eigenvalue weighted by atomic mass is 79.9. The van der Waals surface area contributed by atoms with E-state index in [0.29, 0.717) is 21.7 Å². The van der Waals surface area contributed by atoms with Crippen molar-refractivity contribution < 1.29 is 22.1 Å². The summed E-state index contributed by atoms with van der Waals surface area (Å²) in [6.07, 6.45) is 2.07. The molecule has 0 amide bonds. The van der Waals surface area contributed by atoms with Crippen LogP contribution < -0.4 is 13.7 Å². The van der Waals surface area contributed by atoms with Crippen molar-refractivity contribution in [1.82, 2.24) is 0 Å². The molecule has 0 atom stereocenters. The third kappa shape index (κ3) is 6.41. The van der Waals surface area contributed by atoms with Gasteiger partial charge in [0.05, 0.1) is 18.2 Å². The predicted octanol–water partition coefficient (Wildman–Crippen LogP) is 6.56. The van der Waals surface area contributed by atoms with Gasteiger partial charge in [0.1, 0.15) is 22.1 Å². The van der Waals surface area contributed by atoms with Crippen LogP contribution in [0.2, 0.25) is 0 Å². The SMILES string of the molecule is CCCCOc1ccc(Sc2cc(OC)c(Br)cc2S(=O)(=O)Oc2ccccc2)cc1. The van der Waals surface area contributed by atoms with Gasteiger partial charge in [0.25, 0.3) is 0 Å². The van der Waals surface area contributed by atoms with Crippen molar-refractivity contribution in [3.05, 3.63) is 71.2 Å². The maximum atomic E-state index is 13.0. The molecule has 0 radical (unpaired) electrons. The van der Waals surface area contributed by atoms with Gasteiger partial charge in [-0.15, -0.1) is 0 Å². The quantitative estimate of drug-likeness (QED) is 0.222. The van der Waals surface area contributed by atoms with Crippen molar-refractivity contribution in [2.45, 2.75) is 34.5 Å². The van der Waals surface area contributed by atoms with Crippen LogP contribution in [0.15, 0.2) is 85.9 Å². The Morgan fingerprint density at radius 2 is 1.68 bits per heavy atom. The van der Waals surface area contributed by atoms with Gasteiger partial charge in [-0.05, 0) is 70.9 Å². The van der Waals surface area contributed by atoms with Crippen LogP contribution >= 0.6 is 27.7 Å². The summed E-state index contributed by atoms with van der Waals surface area (Å²) in [7, 11) is -2.53. The molecule has 0 aliphatic carbocycles. The number of hydrogen-bond donors (Lipinski definition) is 0. The third-order valence-electron chi connectivity index (χ3n) is 4.25. The summed E-state index contributed by atoms with van der Waals surface area (Å²) < 4.78 is 43.0. The predicted molar refractivity (Wildman–Crippen MR) is 126 cm³/mol. The summed E-state index contributed by atoms with van der Waals surface area (Å²) in [6, 6.07) is 19.2. The maximum absolute atomic E-state index is 13.0. The average molecular weight is 523 g/mol. The summed E-state index contributed by atoms with van der Waals surface area (Å²) in [5, 5.41) is 0. The van der Waals surface area contributed by atoms with Crippen molar-refractivity contribution in [3.63, 3.8) is 0 Å². The molecule has 31 heavy (non-hydrogen) atoms. The molecule has 0 aliphatic heterocycles. The normalized spacial score (nSPS) is 11.2. The van der Waals surface area contributed by atoms with Crippen LogP contribution in [-0.4, -0.2) is 22.1 Å². The molecule has 0 unspecified atom stereocenters. The Bertz CT molecular complexity index is 1100. The van der Waals surface area contributed by atoms with E-state index >= 15 is 0 Å². The molecule has 0 aromatic heterocycles. The lowest BCUT2D eigenvalue weighted by molar-refractivity contribution is 0.309. The molecule has 0 aliphatic rings. The first kappa shape index (κ1) is 23.5. The summed E-state index contributed by atoms with van der Waals surface area (Å²) in [4.78, 5) is 1.41. The number of halogens is 1. The first-order chi connectivity index (χ1) is 14.9. The van der Waals surface area contributed by atoms with Crippen LogP contribution in [0.1, 0.15) is 19.8 Å². The van der Waals surface area contributed by atoms with Gasteiger partial charge < -0.3 is 13.7 Å². The van der Waals surface area contributed by atoms with E-state index in [4.69, 9.17) is 13.7 Å². The van der Waals surface area contributed by atoms with Gasteiger partial charge in [-0.2, -0.15) is 8.42 Å². The molecule has 0 spiro atoms. The van der Waals surface area contributed by atoms with E-state index < -0.39 is 10.1 Å². The molecule has 0 N–H and O–H groups in total. The third-order valence-corrected chi connectivity index (χ3v) is 7.36. The average Bonchev–Trinajstić information content (AvgIpc) is 2.76. The molecular weight excluding hydrogens is 500 g/mol. The second-order valence-electron chi connectivity index (χ2n) is 6.56. The lowest BCUT2D eigenvalue weighted by atomic mass is 10.3. The fourth-order valence-corrected chi connectivity index (χ4v) is 5.62. The fourth-order valence-electron chi connectivity index (χ4n) is 2.66. The van der Waals surface area contributed by atoms with Gasteiger partial charge >= 0.3 is 10.1 Å². The van der Waals surface area contributed by atoms with Gasteiger partial charge in [-0.25, -0.2) is 0 Å². The second kappa shape index (κ2) is 10.9. The van der Waals surface area contributed by atoms with Crippen molar-refractivity contribution in [2.24, 2.45) is 0 Å². The molecule has 5 nitrogen and oxygen atoms in total. The largest absolute Gasteiger partial charge is 0.496 e. The van der Waals surface area contributed by atoms with Crippen LogP contribution in [0, 0.1) is 0 Å². The number of rotatable bonds is 10. The lowest BCUT2D eigenvalue weighted by Gasteiger charge is -2.14. The van der Waals surface area contributed by atoms with E-state index in [-0.39, 0.29) is 10.6 Å². The molecule has 3 aromatic carbocycles. The van der Waals surface area contributed by atoms with Crippen LogP contribution in [0.4, 0.5) is 0 Å². The van der Waals surface area contributed by atoms with Gasteiger partial charge in [-0.3, -0.25) is 0 Å². The smallest absolute Gasteiger partial charge is 0.340 e. The minimum Gasteiger partial charge on any atom is -0.496 e. The Morgan fingerprint density at radius 1 is 0.968 bits per heavy atom. The molecule has 3 aromatic rings. The number of methoxy groups -OCH3 is 1. The van der Waals surface area contributed by atoms with Gasteiger partial charge in [0.2, 0.25) is 0 Å². The van der Waals surface area contributed by atoms with E-state index in [0.717, 1.165) is 23.5 Å². The maximum Gasteiger partial charge on any atom is 0.340 e. The zero-order valence-electron chi connectivity index (χ0n) is 17.2.